The predicted molar refractivity (Wildman–Crippen MR) is 88.5 cm³/mol. The lowest BCUT2D eigenvalue weighted by Crippen LogP contribution is -2.44. The zero-order valence-electron chi connectivity index (χ0n) is 13.9. The Kier molecular flexibility index (Phi) is 4.26. The molecule has 130 valence electrons. The number of nitrogens with one attached hydrogen (secondary N) is 2. The number of hydrogen-bond acceptors (Lipinski definition) is 5. The maximum absolute atomic E-state index is 12.9. The van der Waals surface area contributed by atoms with Crippen molar-refractivity contribution in [3.63, 3.8) is 0 Å². The number of anilines is 1. The molecule has 0 unspecified atom stereocenters. The first kappa shape index (κ1) is 16.7. The van der Waals surface area contributed by atoms with Crippen LogP contribution in [0.1, 0.15) is 24.7 Å². The van der Waals surface area contributed by atoms with Gasteiger partial charge in [-0.05, 0) is 18.9 Å². The van der Waals surface area contributed by atoms with Gasteiger partial charge < -0.3 is 15.2 Å². The van der Waals surface area contributed by atoms with E-state index in [9.17, 15) is 14.4 Å². The van der Waals surface area contributed by atoms with E-state index in [1.54, 1.807) is 37.3 Å². The van der Waals surface area contributed by atoms with E-state index in [-0.39, 0.29) is 5.82 Å². The molecule has 25 heavy (non-hydrogen) atoms. The number of aromatic nitrogens is 1. The highest BCUT2D eigenvalue weighted by atomic mass is 16.5. The SMILES string of the molecule is CC[C@]1(c2ccccc2)NC(=O)N(CC(=O)Nc2cc(C)on2)C1=O. The molecule has 0 saturated carbocycles. The van der Waals surface area contributed by atoms with Crippen molar-refractivity contribution in [1.82, 2.24) is 15.4 Å². The smallest absolute Gasteiger partial charge is 0.325 e. The number of hydrogen-bond donors (Lipinski definition) is 2. The molecule has 1 aromatic carbocycles. The number of urea groups is 1. The lowest BCUT2D eigenvalue weighted by molar-refractivity contribution is -0.134. The van der Waals surface area contributed by atoms with Gasteiger partial charge in [0, 0.05) is 6.07 Å². The van der Waals surface area contributed by atoms with Crippen molar-refractivity contribution in [3.8, 4) is 0 Å². The summed E-state index contributed by atoms with van der Waals surface area (Å²) in [5, 5.41) is 8.88. The van der Waals surface area contributed by atoms with Crippen LogP contribution in [0.5, 0.6) is 0 Å². The van der Waals surface area contributed by atoms with Crippen LogP contribution in [-0.4, -0.2) is 34.4 Å². The van der Waals surface area contributed by atoms with Crippen molar-refractivity contribution in [1.29, 1.82) is 0 Å². The fourth-order valence-corrected chi connectivity index (χ4v) is 2.88. The van der Waals surface area contributed by atoms with Crippen LogP contribution in [0, 0.1) is 6.92 Å². The second-order valence-corrected chi connectivity index (χ2v) is 5.82. The van der Waals surface area contributed by atoms with E-state index in [2.05, 4.69) is 15.8 Å². The van der Waals surface area contributed by atoms with Crippen LogP contribution in [0.25, 0.3) is 0 Å². The standard InChI is InChI=1S/C17H18N4O4/c1-3-17(12-7-5-4-6-8-12)15(23)21(16(24)19-17)10-14(22)18-13-9-11(2)25-20-13/h4-9H,3,10H2,1-2H3,(H,19,24)(H,18,20,22)/t17-/m1/s1. The molecule has 2 N–H and O–H groups in total. The van der Waals surface area contributed by atoms with Crippen molar-refractivity contribution in [2.45, 2.75) is 25.8 Å². The largest absolute Gasteiger partial charge is 0.360 e. The topological polar surface area (TPSA) is 105 Å². The third-order valence-corrected chi connectivity index (χ3v) is 4.17. The van der Waals surface area contributed by atoms with Gasteiger partial charge in [0.1, 0.15) is 17.8 Å². The van der Waals surface area contributed by atoms with E-state index >= 15 is 0 Å². The zero-order valence-corrected chi connectivity index (χ0v) is 13.9. The van der Waals surface area contributed by atoms with Gasteiger partial charge in [-0.15, -0.1) is 0 Å². The molecule has 4 amide bonds. The molecule has 0 spiro atoms. The Morgan fingerprint density at radius 3 is 2.64 bits per heavy atom. The normalized spacial score (nSPS) is 19.8. The van der Waals surface area contributed by atoms with Gasteiger partial charge in [-0.1, -0.05) is 42.4 Å². The van der Waals surface area contributed by atoms with E-state index < -0.39 is 29.9 Å². The number of rotatable bonds is 5. The second-order valence-electron chi connectivity index (χ2n) is 5.82. The summed E-state index contributed by atoms with van der Waals surface area (Å²) in [6, 6.07) is 9.95. The van der Waals surface area contributed by atoms with E-state index in [0.717, 1.165) is 4.90 Å². The molecule has 1 atom stereocenters. The quantitative estimate of drug-likeness (QED) is 0.806. The van der Waals surface area contributed by atoms with Crippen molar-refractivity contribution in [2.75, 3.05) is 11.9 Å². The summed E-state index contributed by atoms with van der Waals surface area (Å²) in [5.74, 6) is -0.201. The average molecular weight is 342 g/mol. The molecule has 8 nitrogen and oxygen atoms in total. The van der Waals surface area contributed by atoms with Gasteiger partial charge in [-0.2, -0.15) is 0 Å². The van der Waals surface area contributed by atoms with Crippen molar-refractivity contribution < 1.29 is 18.9 Å². The summed E-state index contributed by atoms with van der Waals surface area (Å²) in [6.07, 6.45) is 0.377. The molecule has 2 aromatic rings. The Labute approximate surface area is 144 Å². The molecule has 8 heteroatoms. The summed E-state index contributed by atoms with van der Waals surface area (Å²) < 4.78 is 4.86. The Balaban J connectivity index is 1.78. The van der Waals surface area contributed by atoms with Crippen LogP contribution in [0.3, 0.4) is 0 Å². The van der Waals surface area contributed by atoms with Gasteiger partial charge in [0.2, 0.25) is 5.91 Å². The second kappa shape index (κ2) is 6.39. The third kappa shape index (κ3) is 2.98. The lowest BCUT2D eigenvalue weighted by atomic mass is 9.87. The van der Waals surface area contributed by atoms with Crippen molar-refractivity contribution in [2.24, 2.45) is 0 Å². The monoisotopic (exact) mass is 342 g/mol. The van der Waals surface area contributed by atoms with Crippen LogP contribution < -0.4 is 10.6 Å². The minimum Gasteiger partial charge on any atom is -0.360 e. The molecule has 0 radical (unpaired) electrons. The molecule has 0 bridgehead atoms. The molecule has 1 aliphatic rings. The highest BCUT2D eigenvalue weighted by molar-refractivity contribution is 6.10. The molecule has 1 saturated heterocycles. The number of carbonyl (C=O) groups excluding carboxylic acids is 3. The molecule has 1 fully saturated rings. The number of carbonyl (C=O) groups is 3. The third-order valence-electron chi connectivity index (χ3n) is 4.17. The first-order chi connectivity index (χ1) is 12.0. The number of amides is 4. The van der Waals surface area contributed by atoms with Gasteiger partial charge in [-0.25, -0.2) is 4.79 Å². The fourth-order valence-electron chi connectivity index (χ4n) is 2.88. The van der Waals surface area contributed by atoms with Gasteiger partial charge in [0.25, 0.3) is 5.91 Å². The summed E-state index contributed by atoms with van der Waals surface area (Å²) >= 11 is 0. The van der Waals surface area contributed by atoms with Crippen LogP contribution in [0.2, 0.25) is 0 Å². The maximum atomic E-state index is 12.9. The van der Waals surface area contributed by atoms with E-state index in [1.807, 2.05) is 13.0 Å². The van der Waals surface area contributed by atoms with Crippen LogP contribution in [-0.2, 0) is 15.1 Å². The fraction of sp³-hybridized carbons (Fsp3) is 0.294. The Hall–Kier alpha value is -3.16. The molecule has 3 rings (SSSR count). The van der Waals surface area contributed by atoms with Crippen LogP contribution in [0.15, 0.2) is 40.9 Å². The highest BCUT2D eigenvalue weighted by Crippen LogP contribution is 2.32. The van der Waals surface area contributed by atoms with E-state index in [4.69, 9.17) is 4.52 Å². The number of benzene rings is 1. The maximum Gasteiger partial charge on any atom is 0.325 e. The van der Waals surface area contributed by atoms with E-state index in [0.29, 0.717) is 17.7 Å². The van der Waals surface area contributed by atoms with Gasteiger partial charge >= 0.3 is 6.03 Å². The molecule has 1 aliphatic heterocycles. The number of nitrogens with zero attached hydrogens (tertiary/aromatic N) is 2. The Bertz CT molecular complexity index is 817. The Morgan fingerprint density at radius 1 is 1.32 bits per heavy atom. The van der Waals surface area contributed by atoms with Gasteiger partial charge in [-0.3, -0.25) is 14.5 Å². The summed E-state index contributed by atoms with van der Waals surface area (Å²) in [4.78, 5) is 38.2. The summed E-state index contributed by atoms with van der Waals surface area (Å²) in [7, 11) is 0. The van der Waals surface area contributed by atoms with Crippen LogP contribution in [0.4, 0.5) is 10.6 Å². The van der Waals surface area contributed by atoms with E-state index in [1.165, 1.54) is 0 Å². The number of aryl methyl sites for hydroxylation is 1. The highest BCUT2D eigenvalue weighted by Gasteiger charge is 2.51. The van der Waals surface area contributed by atoms with Gasteiger partial charge in [0.05, 0.1) is 0 Å². The first-order valence-corrected chi connectivity index (χ1v) is 7.89. The lowest BCUT2D eigenvalue weighted by Gasteiger charge is -2.25. The van der Waals surface area contributed by atoms with Gasteiger partial charge in [0.15, 0.2) is 5.82 Å². The molecule has 2 heterocycles. The van der Waals surface area contributed by atoms with Crippen LogP contribution >= 0.6 is 0 Å². The summed E-state index contributed by atoms with van der Waals surface area (Å²) in [5.41, 5.74) is -0.464. The molecule has 0 aliphatic carbocycles. The predicted octanol–water partition coefficient (Wildman–Crippen LogP) is 1.78. The first-order valence-electron chi connectivity index (χ1n) is 7.89. The minimum absolute atomic E-state index is 0.236. The minimum atomic E-state index is -1.15. The summed E-state index contributed by atoms with van der Waals surface area (Å²) in [6.45, 7) is 3.10. The zero-order chi connectivity index (χ0) is 18.0. The molecular weight excluding hydrogens is 324 g/mol. The van der Waals surface area contributed by atoms with Crippen molar-refractivity contribution in [3.05, 3.63) is 47.7 Å². The number of imide groups is 1. The van der Waals surface area contributed by atoms with Crippen molar-refractivity contribution >= 4 is 23.7 Å². The molecule has 1 aromatic heterocycles. The Morgan fingerprint density at radius 2 is 2.04 bits per heavy atom. The average Bonchev–Trinajstić information content (AvgIpc) is 3.11. The molecular formula is C17H18N4O4.